The van der Waals surface area contributed by atoms with Crippen LogP contribution in [-0.2, 0) is 4.79 Å². The van der Waals surface area contributed by atoms with Gasteiger partial charge in [-0.25, -0.2) is 0 Å². The Balaban J connectivity index is 3.52. The van der Waals surface area contributed by atoms with Crippen LogP contribution in [0, 0.1) is 0 Å². The van der Waals surface area contributed by atoms with E-state index in [9.17, 15) is 4.79 Å². The summed E-state index contributed by atoms with van der Waals surface area (Å²) in [5.41, 5.74) is 0. The van der Waals surface area contributed by atoms with E-state index in [1.54, 1.807) is 0 Å². The van der Waals surface area contributed by atoms with Crippen molar-refractivity contribution in [1.29, 1.82) is 0 Å². The van der Waals surface area contributed by atoms with Gasteiger partial charge in [0.05, 0.1) is 12.6 Å². The van der Waals surface area contributed by atoms with Crippen LogP contribution in [0.3, 0.4) is 0 Å². The molecule has 0 aliphatic heterocycles. The third-order valence-electron chi connectivity index (χ3n) is 1.22. The summed E-state index contributed by atoms with van der Waals surface area (Å²) in [7, 11) is 0. The predicted molar refractivity (Wildman–Crippen MR) is 36.4 cm³/mol. The second kappa shape index (κ2) is 5.20. The molecule has 1 unspecified atom stereocenters. The zero-order valence-corrected chi connectivity index (χ0v) is 6.00. The summed E-state index contributed by atoms with van der Waals surface area (Å²) in [6.45, 7) is 1.25. The van der Waals surface area contributed by atoms with Gasteiger partial charge in [-0.15, -0.1) is 0 Å². The highest BCUT2D eigenvalue weighted by molar-refractivity contribution is 5.77. The van der Waals surface area contributed by atoms with Crippen LogP contribution in [0.2, 0.25) is 0 Å². The van der Waals surface area contributed by atoms with Crippen LogP contribution >= 0.6 is 0 Å². The fourth-order valence-corrected chi connectivity index (χ4v) is 0.550. The van der Waals surface area contributed by atoms with E-state index in [0.717, 1.165) is 0 Å². The van der Waals surface area contributed by atoms with Crippen molar-refractivity contribution in [3.63, 3.8) is 0 Å². The molecule has 0 bridgehead atoms. The smallest absolute Gasteiger partial charge is 0.246 e. The highest BCUT2D eigenvalue weighted by Crippen LogP contribution is 1.87. The molecule has 0 aromatic carbocycles. The Morgan fingerprint density at radius 3 is 2.50 bits per heavy atom. The minimum absolute atomic E-state index is 0.0811. The summed E-state index contributed by atoms with van der Waals surface area (Å²) in [6.07, 6.45) is 0.669. The third-order valence-corrected chi connectivity index (χ3v) is 1.22. The highest BCUT2D eigenvalue weighted by Gasteiger charge is 2.06. The van der Waals surface area contributed by atoms with Crippen molar-refractivity contribution >= 4 is 5.91 Å². The lowest BCUT2D eigenvalue weighted by molar-refractivity contribution is -0.124. The van der Waals surface area contributed by atoms with Crippen LogP contribution in [0.1, 0.15) is 13.3 Å². The Hall–Kier alpha value is -0.610. The van der Waals surface area contributed by atoms with Crippen molar-refractivity contribution in [1.82, 2.24) is 5.32 Å². The van der Waals surface area contributed by atoms with Gasteiger partial charge in [-0.05, 0) is 6.42 Å². The molecule has 60 valence electrons. The maximum atomic E-state index is 10.5. The number of rotatable bonds is 4. The number of hydrogen-bond donors (Lipinski definition) is 3. The Kier molecular flexibility index (Phi) is 4.88. The first-order valence-electron chi connectivity index (χ1n) is 3.25. The van der Waals surface area contributed by atoms with Gasteiger partial charge in [0.25, 0.3) is 0 Å². The van der Waals surface area contributed by atoms with Gasteiger partial charge in [0, 0.05) is 0 Å². The standard InChI is InChI=1S/C6H13NO3/c1-2-5(3-8)7-6(10)4-9/h5,8-9H,2-4H2,1H3,(H,7,10). The van der Waals surface area contributed by atoms with Crippen molar-refractivity contribution in [2.75, 3.05) is 13.2 Å². The monoisotopic (exact) mass is 147 g/mol. The van der Waals surface area contributed by atoms with Crippen LogP contribution in [-0.4, -0.2) is 35.4 Å². The molecular formula is C6H13NO3. The molecule has 0 aromatic rings. The van der Waals surface area contributed by atoms with Crippen molar-refractivity contribution in [3.05, 3.63) is 0 Å². The second-order valence-electron chi connectivity index (χ2n) is 2.01. The number of amides is 1. The largest absolute Gasteiger partial charge is 0.394 e. The van der Waals surface area contributed by atoms with E-state index in [0.29, 0.717) is 6.42 Å². The fourth-order valence-electron chi connectivity index (χ4n) is 0.550. The summed E-state index contributed by atoms with van der Waals surface area (Å²) in [5, 5.41) is 19.3. The van der Waals surface area contributed by atoms with E-state index in [1.165, 1.54) is 0 Å². The zero-order valence-electron chi connectivity index (χ0n) is 6.00. The van der Waals surface area contributed by atoms with Crippen LogP contribution in [0.4, 0.5) is 0 Å². The molecular weight excluding hydrogens is 134 g/mol. The van der Waals surface area contributed by atoms with Crippen LogP contribution < -0.4 is 5.32 Å². The van der Waals surface area contributed by atoms with Gasteiger partial charge >= 0.3 is 0 Å². The first kappa shape index (κ1) is 9.39. The van der Waals surface area contributed by atoms with E-state index in [2.05, 4.69) is 5.32 Å². The van der Waals surface area contributed by atoms with E-state index >= 15 is 0 Å². The minimum atomic E-state index is -0.517. The zero-order chi connectivity index (χ0) is 7.98. The molecule has 3 N–H and O–H groups in total. The van der Waals surface area contributed by atoms with Crippen molar-refractivity contribution in [2.24, 2.45) is 0 Å². The molecule has 0 spiro atoms. The average Bonchev–Trinajstić information content (AvgIpc) is 1.99. The molecule has 0 rings (SSSR count). The second-order valence-corrected chi connectivity index (χ2v) is 2.01. The van der Waals surface area contributed by atoms with Crippen molar-refractivity contribution in [3.8, 4) is 0 Å². The van der Waals surface area contributed by atoms with Crippen molar-refractivity contribution in [2.45, 2.75) is 19.4 Å². The summed E-state index contributed by atoms with van der Waals surface area (Å²) >= 11 is 0. The van der Waals surface area contributed by atoms with Gasteiger partial charge in [0.2, 0.25) is 5.91 Å². The maximum absolute atomic E-state index is 10.5. The summed E-state index contributed by atoms with van der Waals surface area (Å²) in [4.78, 5) is 10.5. The van der Waals surface area contributed by atoms with Gasteiger partial charge in [-0.3, -0.25) is 4.79 Å². The number of hydrogen-bond acceptors (Lipinski definition) is 3. The number of carbonyl (C=O) groups excluding carboxylic acids is 1. The molecule has 0 heterocycles. The van der Waals surface area contributed by atoms with E-state index in [-0.39, 0.29) is 12.6 Å². The van der Waals surface area contributed by atoms with Gasteiger partial charge in [-0.2, -0.15) is 0 Å². The number of carbonyl (C=O) groups is 1. The lowest BCUT2D eigenvalue weighted by Crippen LogP contribution is -2.38. The van der Waals surface area contributed by atoms with Crippen LogP contribution in [0.5, 0.6) is 0 Å². The lowest BCUT2D eigenvalue weighted by atomic mass is 10.2. The highest BCUT2D eigenvalue weighted by atomic mass is 16.3. The number of aliphatic hydroxyl groups is 2. The normalized spacial score (nSPS) is 12.7. The van der Waals surface area contributed by atoms with Crippen LogP contribution in [0.25, 0.3) is 0 Å². The lowest BCUT2D eigenvalue weighted by Gasteiger charge is -2.11. The molecule has 0 aliphatic carbocycles. The van der Waals surface area contributed by atoms with Crippen molar-refractivity contribution < 1.29 is 15.0 Å². The Morgan fingerprint density at radius 2 is 2.20 bits per heavy atom. The molecule has 0 fully saturated rings. The molecule has 4 nitrogen and oxygen atoms in total. The van der Waals surface area contributed by atoms with Gasteiger partial charge in [-0.1, -0.05) is 6.92 Å². The fraction of sp³-hybridized carbons (Fsp3) is 0.833. The first-order valence-corrected chi connectivity index (χ1v) is 3.25. The van der Waals surface area contributed by atoms with Gasteiger partial charge in [0.15, 0.2) is 0 Å². The summed E-state index contributed by atoms with van der Waals surface area (Å²) in [5.74, 6) is -0.444. The average molecular weight is 147 g/mol. The topological polar surface area (TPSA) is 69.6 Å². The molecule has 1 amide bonds. The molecule has 0 aliphatic rings. The van der Waals surface area contributed by atoms with E-state index < -0.39 is 12.5 Å². The van der Waals surface area contributed by atoms with E-state index in [1.807, 2.05) is 6.92 Å². The Bertz CT molecular complexity index is 101. The SMILES string of the molecule is CCC(CO)NC(=O)CO. The first-order chi connectivity index (χ1) is 4.74. The van der Waals surface area contributed by atoms with Gasteiger partial charge < -0.3 is 15.5 Å². The Morgan fingerprint density at radius 1 is 1.60 bits per heavy atom. The molecule has 0 saturated heterocycles. The summed E-state index contributed by atoms with van der Waals surface area (Å²) in [6, 6.07) is -0.223. The molecule has 10 heavy (non-hydrogen) atoms. The number of aliphatic hydroxyl groups excluding tert-OH is 2. The van der Waals surface area contributed by atoms with Gasteiger partial charge in [0.1, 0.15) is 6.61 Å². The molecule has 0 radical (unpaired) electrons. The minimum Gasteiger partial charge on any atom is -0.394 e. The quantitative estimate of drug-likeness (QED) is 0.471. The number of nitrogens with one attached hydrogen (secondary N) is 1. The third kappa shape index (κ3) is 3.42. The maximum Gasteiger partial charge on any atom is 0.246 e. The Labute approximate surface area is 59.9 Å². The molecule has 0 aromatic heterocycles. The van der Waals surface area contributed by atoms with E-state index in [4.69, 9.17) is 10.2 Å². The molecule has 4 heteroatoms. The molecule has 1 atom stereocenters. The molecule has 0 saturated carbocycles. The summed E-state index contributed by atoms with van der Waals surface area (Å²) < 4.78 is 0. The van der Waals surface area contributed by atoms with Crippen LogP contribution in [0.15, 0.2) is 0 Å². The predicted octanol–water partition coefficient (Wildman–Crippen LogP) is -1.13.